The Morgan fingerprint density at radius 3 is 2.48 bits per heavy atom. The van der Waals surface area contributed by atoms with E-state index in [1.54, 1.807) is 60.8 Å². The van der Waals surface area contributed by atoms with Crippen LogP contribution in [0.1, 0.15) is 40.2 Å². The molecule has 2 N–H and O–H groups in total. The van der Waals surface area contributed by atoms with Crippen LogP contribution in [0.3, 0.4) is 0 Å². The maximum atomic E-state index is 13.1. The summed E-state index contributed by atoms with van der Waals surface area (Å²) in [5.41, 5.74) is 2.07. The first-order chi connectivity index (χ1) is 15.0. The number of carboxylic acids is 1. The van der Waals surface area contributed by atoms with E-state index in [-0.39, 0.29) is 17.1 Å². The van der Waals surface area contributed by atoms with Crippen LogP contribution < -0.4 is 0 Å². The number of nitrogens with one attached hydrogen (secondary N) is 1. The highest BCUT2D eigenvalue weighted by Gasteiger charge is 2.26. The fourth-order valence-electron chi connectivity index (χ4n) is 3.40. The average molecular weight is 433 g/mol. The molecule has 2 aromatic heterocycles. The normalized spacial score (nSPS) is 13.1. The lowest BCUT2D eigenvalue weighted by Crippen LogP contribution is -2.14. The predicted octanol–water partition coefficient (Wildman–Crippen LogP) is 3.68. The number of ketones is 1. The van der Waals surface area contributed by atoms with Gasteiger partial charge in [0.05, 0.1) is 33.5 Å². The summed E-state index contributed by atoms with van der Waals surface area (Å²) in [6.07, 6.45) is 1.57. The van der Waals surface area contributed by atoms with Gasteiger partial charge in [-0.15, -0.1) is 0 Å². The lowest BCUT2D eigenvalue weighted by atomic mass is 9.90. The van der Waals surface area contributed by atoms with Crippen LogP contribution in [0.15, 0.2) is 71.9 Å². The van der Waals surface area contributed by atoms with Crippen molar-refractivity contribution in [3.8, 4) is 0 Å². The van der Waals surface area contributed by atoms with Gasteiger partial charge in [-0.2, -0.15) is 0 Å². The van der Waals surface area contributed by atoms with Gasteiger partial charge in [0, 0.05) is 22.9 Å². The number of imidazole rings is 1. The summed E-state index contributed by atoms with van der Waals surface area (Å²) < 4.78 is 12.6. The van der Waals surface area contributed by atoms with Gasteiger partial charge >= 0.3 is 5.97 Å². The van der Waals surface area contributed by atoms with Crippen molar-refractivity contribution in [3.63, 3.8) is 0 Å². The highest BCUT2D eigenvalue weighted by Crippen LogP contribution is 2.30. The third-order valence-corrected chi connectivity index (χ3v) is 6.21. The number of nitrogens with zero attached hydrogens (tertiary/aromatic N) is 2. The molecule has 0 bridgehead atoms. The molecular weight excluding hydrogens is 414 g/mol. The maximum absolute atomic E-state index is 13.1. The van der Waals surface area contributed by atoms with Crippen LogP contribution in [-0.2, 0) is 21.3 Å². The average Bonchev–Trinajstić information content (AvgIpc) is 3.21. The molecule has 0 aliphatic heterocycles. The summed E-state index contributed by atoms with van der Waals surface area (Å²) in [5.74, 6) is -1.76. The summed E-state index contributed by atoms with van der Waals surface area (Å²) in [6, 6.07) is 17.2. The SMILES string of the molecule is CC(C(=O)O)c1c(C(=O)c2ccccc2)ccc2[nH]c(CS(=O)c3ccccn3)nc12. The molecule has 0 spiro atoms. The van der Waals surface area contributed by atoms with E-state index in [4.69, 9.17) is 0 Å². The number of aromatic nitrogens is 3. The van der Waals surface area contributed by atoms with Crippen LogP contribution in [0.25, 0.3) is 11.0 Å². The number of fused-ring (bicyclic) bond motifs is 1. The number of hydrogen-bond donors (Lipinski definition) is 2. The van der Waals surface area contributed by atoms with Crippen LogP contribution in [0.5, 0.6) is 0 Å². The molecule has 0 radical (unpaired) electrons. The molecule has 2 unspecified atom stereocenters. The van der Waals surface area contributed by atoms with Crippen molar-refractivity contribution in [3.05, 3.63) is 89.4 Å². The summed E-state index contributed by atoms with van der Waals surface area (Å²) in [5, 5.41) is 10.1. The monoisotopic (exact) mass is 433 g/mol. The third-order valence-electron chi connectivity index (χ3n) is 4.97. The van der Waals surface area contributed by atoms with Crippen molar-refractivity contribution in [2.45, 2.75) is 23.6 Å². The van der Waals surface area contributed by atoms with Crippen molar-refractivity contribution >= 4 is 33.6 Å². The van der Waals surface area contributed by atoms with E-state index in [1.165, 1.54) is 6.92 Å². The Labute approximate surface area is 180 Å². The van der Waals surface area contributed by atoms with Crippen molar-refractivity contribution < 1.29 is 18.9 Å². The van der Waals surface area contributed by atoms with Crippen molar-refractivity contribution in [1.29, 1.82) is 0 Å². The number of carboxylic acid groups (broad SMARTS) is 1. The molecule has 4 rings (SSSR count). The van der Waals surface area contributed by atoms with Crippen LogP contribution in [-0.4, -0.2) is 36.0 Å². The van der Waals surface area contributed by atoms with E-state index < -0.39 is 22.7 Å². The van der Waals surface area contributed by atoms with Crippen LogP contribution >= 0.6 is 0 Å². The van der Waals surface area contributed by atoms with Crippen molar-refractivity contribution in [2.24, 2.45) is 0 Å². The zero-order chi connectivity index (χ0) is 22.0. The Balaban J connectivity index is 1.79. The van der Waals surface area contributed by atoms with Gasteiger partial charge in [0.2, 0.25) is 0 Å². The number of carbonyl (C=O) groups excluding carboxylic acids is 1. The minimum Gasteiger partial charge on any atom is -0.481 e. The van der Waals surface area contributed by atoms with Gasteiger partial charge < -0.3 is 10.1 Å². The molecule has 2 aromatic carbocycles. The third kappa shape index (κ3) is 4.15. The van der Waals surface area contributed by atoms with Gasteiger partial charge in [0.1, 0.15) is 10.9 Å². The Morgan fingerprint density at radius 2 is 1.81 bits per heavy atom. The fraction of sp³-hybridized carbons (Fsp3) is 0.130. The number of hydrogen-bond acceptors (Lipinski definition) is 5. The summed E-state index contributed by atoms with van der Waals surface area (Å²) >= 11 is 0. The molecule has 0 saturated heterocycles. The van der Waals surface area contributed by atoms with E-state index >= 15 is 0 Å². The molecule has 8 heteroatoms. The van der Waals surface area contributed by atoms with Crippen LogP contribution in [0, 0.1) is 0 Å². The second kappa shape index (κ2) is 8.61. The molecule has 4 aromatic rings. The Hall–Kier alpha value is -3.65. The number of benzene rings is 2. The number of rotatable bonds is 7. The summed E-state index contributed by atoms with van der Waals surface area (Å²) in [4.78, 5) is 36.7. The molecule has 0 amide bonds. The largest absolute Gasteiger partial charge is 0.481 e. The quantitative estimate of drug-likeness (QED) is 0.430. The number of pyridine rings is 1. The van der Waals surface area contributed by atoms with Crippen LogP contribution in [0.4, 0.5) is 0 Å². The molecule has 0 aliphatic rings. The maximum Gasteiger partial charge on any atom is 0.310 e. The van der Waals surface area contributed by atoms with E-state index in [9.17, 15) is 18.9 Å². The Kier molecular flexibility index (Phi) is 5.73. The van der Waals surface area contributed by atoms with Gasteiger partial charge in [-0.25, -0.2) is 9.97 Å². The zero-order valence-corrected chi connectivity index (χ0v) is 17.4. The number of H-pyrrole nitrogens is 1. The van der Waals surface area contributed by atoms with Crippen molar-refractivity contribution in [2.75, 3.05) is 0 Å². The van der Waals surface area contributed by atoms with Gasteiger partial charge in [0.25, 0.3) is 0 Å². The van der Waals surface area contributed by atoms with Gasteiger partial charge in [0.15, 0.2) is 5.78 Å². The number of aliphatic carboxylic acids is 1. The zero-order valence-electron chi connectivity index (χ0n) is 16.6. The molecule has 156 valence electrons. The first kappa shape index (κ1) is 20.6. The number of carbonyl (C=O) groups is 2. The first-order valence-electron chi connectivity index (χ1n) is 9.59. The number of aromatic amines is 1. The lowest BCUT2D eigenvalue weighted by molar-refractivity contribution is -0.138. The van der Waals surface area contributed by atoms with E-state index in [1.807, 2.05) is 6.07 Å². The topological polar surface area (TPSA) is 113 Å². The fourth-order valence-corrected chi connectivity index (χ4v) is 4.34. The minimum atomic E-state index is -1.42. The molecule has 2 heterocycles. The molecule has 0 fully saturated rings. The smallest absolute Gasteiger partial charge is 0.310 e. The Bertz CT molecular complexity index is 1290. The van der Waals surface area contributed by atoms with Crippen molar-refractivity contribution in [1.82, 2.24) is 15.0 Å². The molecule has 2 atom stereocenters. The van der Waals surface area contributed by atoms with E-state index in [0.29, 0.717) is 33.0 Å². The van der Waals surface area contributed by atoms with E-state index in [2.05, 4.69) is 15.0 Å². The predicted molar refractivity (Wildman–Crippen MR) is 116 cm³/mol. The second-order valence-electron chi connectivity index (χ2n) is 7.02. The highest BCUT2D eigenvalue weighted by atomic mass is 32.2. The molecule has 7 nitrogen and oxygen atoms in total. The van der Waals surface area contributed by atoms with Gasteiger partial charge in [-0.3, -0.25) is 13.8 Å². The lowest BCUT2D eigenvalue weighted by Gasteiger charge is -2.13. The van der Waals surface area contributed by atoms with Gasteiger partial charge in [-0.05, 0) is 31.2 Å². The first-order valence-corrected chi connectivity index (χ1v) is 10.9. The minimum absolute atomic E-state index is 0.0918. The van der Waals surface area contributed by atoms with Gasteiger partial charge in [-0.1, -0.05) is 36.4 Å². The summed E-state index contributed by atoms with van der Waals surface area (Å²) in [7, 11) is -1.42. The Morgan fingerprint density at radius 1 is 1.06 bits per heavy atom. The van der Waals surface area contributed by atoms with Crippen LogP contribution in [0.2, 0.25) is 0 Å². The molecular formula is C23H19N3O4S. The molecule has 0 aliphatic carbocycles. The standard InChI is InChI=1S/C23H19N3O4S/c1-14(23(28)29)20-16(22(27)15-7-3-2-4-8-15)10-11-17-21(20)26-18(25-17)13-31(30)19-9-5-6-12-24-19/h2-12,14H,13H2,1H3,(H,25,26)(H,28,29). The van der Waals surface area contributed by atoms with E-state index in [0.717, 1.165) is 0 Å². The second-order valence-corrected chi connectivity index (χ2v) is 8.42. The molecule has 31 heavy (non-hydrogen) atoms. The molecule has 0 saturated carbocycles. The summed E-state index contributed by atoms with van der Waals surface area (Å²) in [6.45, 7) is 1.53. The highest BCUT2D eigenvalue weighted by molar-refractivity contribution is 7.84.